The van der Waals surface area contributed by atoms with E-state index in [1.807, 2.05) is 37.3 Å². The molecule has 0 heterocycles. The first-order chi connectivity index (χ1) is 10.2. The third kappa shape index (κ3) is 4.61. The molecule has 1 atom stereocenters. The van der Waals surface area contributed by atoms with Gasteiger partial charge in [0.1, 0.15) is 11.5 Å². The molecule has 4 heteroatoms. The van der Waals surface area contributed by atoms with Gasteiger partial charge in [-0.1, -0.05) is 24.3 Å². The van der Waals surface area contributed by atoms with Crippen LogP contribution in [-0.4, -0.2) is 23.7 Å². The Hall–Kier alpha value is -2.33. The average Bonchev–Trinajstić information content (AvgIpc) is 2.49. The SMILES string of the molecule is CC(CCO)NC(=O)c1cccc(Oc2ccccc2)c1. The second kappa shape index (κ2) is 7.45. The van der Waals surface area contributed by atoms with E-state index in [-0.39, 0.29) is 18.6 Å². The van der Waals surface area contributed by atoms with E-state index in [1.54, 1.807) is 24.3 Å². The molecular weight excluding hydrogens is 266 g/mol. The minimum Gasteiger partial charge on any atom is -0.457 e. The first-order valence-corrected chi connectivity index (χ1v) is 6.93. The van der Waals surface area contributed by atoms with Crippen LogP contribution in [0.25, 0.3) is 0 Å². The maximum Gasteiger partial charge on any atom is 0.251 e. The summed E-state index contributed by atoms with van der Waals surface area (Å²) in [5, 5.41) is 11.7. The number of aliphatic hydroxyl groups is 1. The third-order valence-electron chi connectivity index (χ3n) is 3.01. The van der Waals surface area contributed by atoms with E-state index in [9.17, 15) is 4.79 Å². The lowest BCUT2D eigenvalue weighted by Crippen LogP contribution is -2.33. The van der Waals surface area contributed by atoms with Gasteiger partial charge in [-0.25, -0.2) is 0 Å². The topological polar surface area (TPSA) is 58.6 Å². The molecule has 1 unspecified atom stereocenters. The van der Waals surface area contributed by atoms with Gasteiger partial charge in [0.15, 0.2) is 0 Å². The third-order valence-corrected chi connectivity index (χ3v) is 3.01. The van der Waals surface area contributed by atoms with Crippen molar-refractivity contribution in [2.24, 2.45) is 0 Å². The van der Waals surface area contributed by atoms with Crippen molar-refractivity contribution in [1.82, 2.24) is 5.32 Å². The normalized spacial score (nSPS) is 11.7. The van der Waals surface area contributed by atoms with Gasteiger partial charge >= 0.3 is 0 Å². The van der Waals surface area contributed by atoms with E-state index in [0.29, 0.717) is 17.7 Å². The molecule has 2 rings (SSSR count). The molecule has 0 saturated heterocycles. The van der Waals surface area contributed by atoms with Crippen LogP contribution in [0.5, 0.6) is 11.5 Å². The molecule has 21 heavy (non-hydrogen) atoms. The highest BCUT2D eigenvalue weighted by Gasteiger charge is 2.10. The first kappa shape index (κ1) is 15.1. The van der Waals surface area contributed by atoms with E-state index in [1.165, 1.54) is 0 Å². The Balaban J connectivity index is 2.05. The summed E-state index contributed by atoms with van der Waals surface area (Å²) in [7, 11) is 0. The number of carbonyl (C=O) groups is 1. The molecule has 4 nitrogen and oxygen atoms in total. The van der Waals surface area contributed by atoms with Gasteiger partial charge in [0, 0.05) is 18.2 Å². The Morgan fingerprint density at radius 3 is 2.57 bits per heavy atom. The fourth-order valence-corrected chi connectivity index (χ4v) is 1.90. The summed E-state index contributed by atoms with van der Waals surface area (Å²) >= 11 is 0. The lowest BCUT2D eigenvalue weighted by Gasteiger charge is -2.13. The molecular formula is C17H19NO3. The molecule has 0 saturated carbocycles. The standard InChI is InChI=1S/C17H19NO3/c1-13(10-11-19)18-17(20)14-6-5-9-16(12-14)21-15-7-3-2-4-8-15/h2-9,12-13,19H,10-11H2,1H3,(H,18,20). The molecule has 110 valence electrons. The average molecular weight is 285 g/mol. The number of amides is 1. The fourth-order valence-electron chi connectivity index (χ4n) is 1.90. The van der Waals surface area contributed by atoms with Gasteiger partial charge in [-0.3, -0.25) is 4.79 Å². The predicted molar refractivity (Wildman–Crippen MR) is 81.6 cm³/mol. The van der Waals surface area contributed by atoms with E-state index in [2.05, 4.69) is 5.32 Å². The van der Waals surface area contributed by atoms with Gasteiger partial charge in [0.05, 0.1) is 0 Å². The van der Waals surface area contributed by atoms with Gasteiger partial charge in [0.25, 0.3) is 5.91 Å². The predicted octanol–water partition coefficient (Wildman–Crippen LogP) is 2.98. The largest absolute Gasteiger partial charge is 0.457 e. The molecule has 0 radical (unpaired) electrons. The second-order valence-electron chi connectivity index (χ2n) is 4.83. The van der Waals surface area contributed by atoms with Gasteiger partial charge in [-0.15, -0.1) is 0 Å². The van der Waals surface area contributed by atoms with Crippen molar-refractivity contribution in [3.05, 3.63) is 60.2 Å². The molecule has 0 aliphatic rings. The summed E-state index contributed by atoms with van der Waals surface area (Å²) in [6.07, 6.45) is 0.534. The Bertz CT molecular complexity index is 584. The highest BCUT2D eigenvalue weighted by atomic mass is 16.5. The molecule has 2 aromatic carbocycles. The van der Waals surface area contributed by atoms with Crippen LogP contribution < -0.4 is 10.1 Å². The van der Waals surface area contributed by atoms with Crippen LogP contribution in [0, 0.1) is 0 Å². The smallest absolute Gasteiger partial charge is 0.251 e. The van der Waals surface area contributed by atoms with E-state index < -0.39 is 0 Å². The Morgan fingerprint density at radius 2 is 1.86 bits per heavy atom. The zero-order chi connectivity index (χ0) is 15.1. The molecule has 0 fully saturated rings. The summed E-state index contributed by atoms with van der Waals surface area (Å²) in [5.74, 6) is 1.17. The Morgan fingerprint density at radius 1 is 1.14 bits per heavy atom. The monoisotopic (exact) mass is 285 g/mol. The number of hydrogen-bond donors (Lipinski definition) is 2. The van der Waals surface area contributed by atoms with Crippen LogP contribution in [0.3, 0.4) is 0 Å². The summed E-state index contributed by atoms with van der Waals surface area (Å²) in [6.45, 7) is 1.91. The van der Waals surface area contributed by atoms with E-state index in [4.69, 9.17) is 9.84 Å². The van der Waals surface area contributed by atoms with Crippen LogP contribution in [0.2, 0.25) is 0 Å². The van der Waals surface area contributed by atoms with Gasteiger partial charge < -0.3 is 15.2 Å². The lowest BCUT2D eigenvalue weighted by molar-refractivity contribution is 0.0934. The maximum absolute atomic E-state index is 12.1. The number of rotatable bonds is 6. The quantitative estimate of drug-likeness (QED) is 0.858. The molecule has 2 aromatic rings. The maximum atomic E-state index is 12.1. The van der Waals surface area contributed by atoms with E-state index >= 15 is 0 Å². The van der Waals surface area contributed by atoms with Crippen LogP contribution >= 0.6 is 0 Å². The van der Waals surface area contributed by atoms with Crippen LogP contribution in [0.15, 0.2) is 54.6 Å². The highest BCUT2D eigenvalue weighted by Crippen LogP contribution is 2.21. The molecule has 1 amide bonds. The molecule has 0 bridgehead atoms. The number of nitrogens with one attached hydrogen (secondary N) is 1. The zero-order valence-electron chi connectivity index (χ0n) is 12.0. The second-order valence-corrected chi connectivity index (χ2v) is 4.83. The van der Waals surface area contributed by atoms with E-state index in [0.717, 1.165) is 5.75 Å². The minimum atomic E-state index is -0.172. The Labute approximate surface area is 124 Å². The number of aliphatic hydroxyl groups excluding tert-OH is 1. The molecule has 0 aliphatic carbocycles. The van der Waals surface area contributed by atoms with Gasteiger partial charge in [-0.05, 0) is 43.7 Å². The lowest BCUT2D eigenvalue weighted by atomic mass is 10.1. The summed E-state index contributed by atoms with van der Waals surface area (Å²) in [5.41, 5.74) is 0.535. The summed E-state index contributed by atoms with van der Waals surface area (Å²) in [4.78, 5) is 12.1. The summed E-state index contributed by atoms with van der Waals surface area (Å²) < 4.78 is 5.70. The van der Waals surface area contributed by atoms with Crippen molar-refractivity contribution in [3.63, 3.8) is 0 Å². The Kier molecular flexibility index (Phi) is 5.35. The fraction of sp³-hybridized carbons (Fsp3) is 0.235. The number of ether oxygens (including phenoxy) is 1. The van der Waals surface area contributed by atoms with Crippen molar-refractivity contribution >= 4 is 5.91 Å². The highest BCUT2D eigenvalue weighted by molar-refractivity contribution is 5.94. The van der Waals surface area contributed by atoms with Gasteiger partial charge in [-0.2, -0.15) is 0 Å². The number of hydrogen-bond acceptors (Lipinski definition) is 3. The van der Waals surface area contributed by atoms with Gasteiger partial charge in [0.2, 0.25) is 0 Å². The molecule has 0 aliphatic heterocycles. The summed E-state index contributed by atoms with van der Waals surface area (Å²) in [6, 6.07) is 16.4. The van der Waals surface area contributed by atoms with Crippen molar-refractivity contribution in [3.8, 4) is 11.5 Å². The number of carbonyl (C=O) groups excluding carboxylic acids is 1. The zero-order valence-corrected chi connectivity index (χ0v) is 12.0. The molecule has 0 spiro atoms. The first-order valence-electron chi connectivity index (χ1n) is 6.93. The minimum absolute atomic E-state index is 0.0542. The molecule has 2 N–H and O–H groups in total. The number of para-hydroxylation sites is 1. The van der Waals surface area contributed by atoms with Crippen molar-refractivity contribution in [2.75, 3.05) is 6.61 Å². The van der Waals surface area contributed by atoms with Crippen molar-refractivity contribution < 1.29 is 14.6 Å². The van der Waals surface area contributed by atoms with Crippen molar-refractivity contribution in [1.29, 1.82) is 0 Å². The van der Waals surface area contributed by atoms with Crippen molar-refractivity contribution in [2.45, 2.75) is 19.4 Å². The van der Waals surface area contributed by atoms with Crippen LogP contribution in [0.1, 0.15) is 23.7 Å². The molecule has 0 aromatic heterocycles. The van der Waals surface area contributed by atoms with Crippen LogP contribution in [0.4, 0.5) is 0 Å². The van der Waals surface area contributed by atoms with Crippen LogP contribution in [-0.2, 0) is 0 Å². The number of benzene rings is 2.